The molecule has 33 heavy (non-hydrogen) atoms. The fourth-order valence-electron chi connectivity index (χ4n) is 11.5. The van der Waals surface area contributed by atoms with Crippen LogP contribution < -0.4 is 0 Å². The van der Waals surface area contributed by atoms with E-state index in [1.165, 1.54) is 56.9 Å². The Kier molecular flexibility index (Phi) is 5.16. The maximum Gasteiger partial charge on any atom is 0.138 e. The molecule has 182 valence electrons. The summed E-state index contributed by atoms with van der Waals surface area (Å²) < 4.78 is 0. The van der Waals surface area contributed by atoms with Crippen molar-refractivity contribution in [3.05, 3.63) is 12.2 Å². The number of rotatable bonds is 2. The smallest absolute Gasteiger partial charge is 0.138 e. The first-order valence-corrected chi connectivity index (χ1v) is 13.9. The minimum atomic E-state index is -0.170. The Bertz CT molecular complexity index is 910. The molecule has 0 saturated heterocycles. The van der Waals surface area contributed by atoms with E-state index in [-0.39, 0.29) is 16.2 Å². The average molecular weight is 450 g/mol. The Labute approximate surface area is 203 Å². The van der Waals surface area contributed by atoms with Crippen LogP contribution in [0.5, 0.6) is 0 Å². The summed E-state index contributed by atoms with van der Waals surface area (Å²) in [5.74, 6) is 3.69. The van der Waals surface area contributed by atoms with Crippen LogP contribution in [0.2, 0.25) is 0 Å². The van der Waals surface area contributed by atoms with E-state index < -0.39 is 0 Å². The molecule has 5 aliphatic carbocycles. The zero-order chi connectivity index (χ0) is 24.0. The Morgan fingerprint density at radius 1 is 0.939 bits per heavy atom. The van der Waals surface area contributed by atoms with E-state index >= 15 is 0 Å². The first kappa shape index (κ1) is 23.6. The number of fused-ring (bicyclic) bond motifs is 7. The summed E-state index contributed by atoms with van der Waals surface area (Å²) in [6.45, 7) is 19.1. The van der Waals surface area contributed by atoms with E-state index in [2.05, 4.69) is 54.2 Å². The van der Waals surface area contributed by atoms with Gasteiger partial charge in [-0.3, -0.25) is 4.79 Å². The molecule has 0 aromatic rings. The van der Waals surface area contributed by atoms with Crippen LogP contribution in [0.3, 0.4) is 0 Å². The Morgan fingerprint density at radius 2 is 1.67 bits per heavy atom. The molecule has 0 aromatic heterocycles. The summed E-state index contributed by atoms with van der Waals surface area (Å²) in [5.41, 5.74) is 2.36. The van der Waals surface area contributed by atoms with Crippen molar-refractivity contribution in [2.75, 3.05) is 0 Å². The van der Waals surface area contributed by atoms with Crippen LogP contribution in [0.15, 0.2) is 12.2 Å². The third kappa shape index (κ3) is 2.81. The maximum absolute atomic E-state index is 12.9. The number of carbonyl (C=O) groups excluding carboxylic acids is 1. The summed E-state index contributed by atoms with van der Waals surface area (Å²) in [5, 5.41) is 9.82. The van der Waals surface area contributed by atoms with E-state index in [1.807, 2.05) is 0 Å². The molecular formula is C31H47NO. The summed E-state index contributed by atoms with van der Waals surface area (Å²) in [6, 6.07) is 2.63. The van der Waals surface area contributed by atoms with E-state index in [9.17, 15) is 10.1 Å². The highest BCUT2D eigenvalue weighted by Crippen LogP contribution is 2.77. The summed E-state index contributed by atoms with van der Waals surface area (Å²) in [4.78, 5) is 12.9. The molecule has 0 bridgehead atoms. The van der Waals surface area contributed by atoms with Gasteiger partial charge in [0.15, 0.2) is 0 Å². The maximum atomic E-state index is 12.9. The van der Waals surface area contributed by atoms with E-state index in [4.69, 9.17) is 0 Å². The third-order valence-corrected chi connectivity index (χ3v) is 13.4. The van der Waals surface area contributed by atoms with Crippen molar-refractivity contribution >= 4 is 5.78 Å². The third-order valence-electron chi connectivity index (χ3n) is 13.4. The first-order valence-electron chi connectivity index (χ1n) is 13.9. The monoisotopic (exact) mass is 449 g/mol. The SMILES string of the molecule is C=C(C)[C@@H]1CC[C@]2(CC#N)CC[C@]3(C)[C@H](CC[C@@H]4[C@@]5(C)CCC(=O)C(C)(C)[C@@H]5CC[C@]43C)[C@@H]12. The van der Waals surface area contributed by atoms with Crippen LogP contribution in [0.4, 0.5) is 0 Å². The fraction of sp³-hybridized carbons (Fsp3) is 0.871. The summed E-state index contributed by atoms with van der Waals surface area (Å²) in [7, 11) is 0. The number of allylic oxidation sites excluding steroid dienone is 1. The van der Waals surface area contributed by atoms with E-state index in [0.29, 0.717) is 46.2 Å². The van der Waals surface area contributed by atoms with Gasteiger partial charge in [-0.05, 0) is 116 Å². The molecule has 2 heteroatoms. The van der Waals surface area contributed by atoms with E-state index in [1.54, 1.807) is 0 Å². The molecule has 0 unspecified atom stereocenters. The van der Waals surface area contributed by atoms with Gasteiger partial charge in [0, 0.05) is 18.3 Å². The lowest BCUT2D eigenvalue weighted by atomic mass is 9.32. The predicted molar refractivity (Wildman–Crippen MR) is 134 cm³/mol. The van der Waals surface area contributed by atoms with Crippen molar-refractivity contribution in [1.82, 2.24) is 0 Å². The lowest BCUT2D eigenvalue weighted by Crippen LogP contribution is -2.66. The molecule has 5 saturated carbocycles. The quantitative estimate of drug-likeness (QED) is 0.399. The molecular weight excluding hydrogens is 402 g/mol. The highest BCUT2D eigenvalue weighted by molar-refractivity contribution is 5.85. The van der Waals surface area contributed by atoms with Crippen LogP contribution in [0.1, 0.15) is 112 Å². The molecule has 2 nitrogen and oxygen atoms in total. The van der Waals surface area contributed by atoms with Gasteiger partial charge >= 0.3 is 0 Å². The molecule has 0 heterocycles. The number of nitriles is 1. The van der Waals surface area contributed by atoms with Crippen molar-refractivity contribution in [2.24, 2.45) is 56.7 Å². The second-order valence-corrected chi connectivity index (χ2v) is 14.5. The second-order valence-electron chi connectivity index (χ2n) is 14.5. The highest BCUT2D eigenvalue weighted by atomic mass is 16.1. The predicted octanol–water partition coefficient (Wildman–Crippen LogP) is 8.13. The van der Waals surface area contributed by atoms with Crippen LogP contribution in [0.25, 0.3) is 0 Å². The zero-order valence-electron chi connectivity index (χ0n) is 22.2. The van der Waals surface area contributed by atoms with Crippen LogP contribution in [-0.4, -0.2) is 5.78 Å². The van der Waals surface area contributed by atoms with Gasteiger partial charge in [-0.25, -0.2) is 0 Å². The number of nitrogens with zero attached hydrogens (tertiary/aromatic N) is 1. The Balaban J connectivity index is 1.56. The number of hydrogen-bond acceptors (Lipinski definition) is 2. The van der Waals surface area contributed by atoms with E-state index in [0.717, 1.165) is 19.3 Å². The number of carbonyl (C=O) groups is 1. The largest absolute Gasteiger partial charge is 0.299 e. The van der Waals surface area contributed by atoms with Gasteiger partial charge in [0.25, 0.3) is 0 Å². The van der Waals surface area contributed by atoms with Crippen LogP contribution in [-0.2, 0) is 4.79 Å². The van der Waals surface area contributed by atoms with Crippen LogP contribution >= 0.6 is 0 Å². The molecule has 5 aliphatic rings. The molecule has 9 atom stereocenters. The zero-order valence-corrected chi connectivity index (χ0v) is 22.2. The Hall–Kier alpha value is -1.10. The number of hydrogen-bond donors (Lipinski definition) is 0. The van der Waals surface area contributed by atoms with Gasteiger partial charge in [-0.1, -0.05) is 46.8 Å². The van der Waals surface area contributed by atoms with Gasteiger partial charge in [0.1, 0.15) is 5.78 Å². The lowest BCUT2D eigenvalue weighted by Gasteiger charge is -2.72. The van der Waals surface area contributed by atoms with Crippen molar-refractivity contribution in [1.29, 1.82) is 5.26 Å². The summed E-state index contributed by atoms with van der Waals surface area (Å²) in [6.07, 6.45) is 12.7. The molecule has 5 rings (SSSR count). The van der Waals surface area contributed by atoms with Crippen LogP contribution in [0, 0.1) is 68.0 Å². The Morgan fingerprint density at radius 3 is 2.33 bits per heavy atom. The molecule has 0 radical (unpaired) electrons. The van der Waals surface area contributed by atoms with Gasteiger partial charge in [-0.2, -0.15) is 5.26 Å². The molecule has 0 amide bonds. The van der Waals surface area contributed by atoms with Gasteiger partial charge < -0.3 is 0 Å². The minimum absolute atomic E-state index is 0.170. The number of Topliss-reactive ketones (excluding diaryl/α,β-unsaturated/α-hetero) is 1. The van der Waals surface area contributed by atoms with Crippen molar-refractivity contribution in [2.45, 2.75) is 112 Å². The normalized spacial score (nSPS) is 52.6. The van der Waals surface area contributed by atoms with Crippen molar-refractivity contribution < 1.29 is 4.79 Å². The minimum Gasteiger partial charge on any atom is -0.299 e. The first-order chi connectivity index (χ1) is 15.4. The standard InChI is InChI=1S/C31H47NO/c1-20(2)21-10-15-31(18-19-32)17-16-29(6)22(26(21)31)8-9-24-28(5)13-12-25(33)27(3,4)23(28)11-14-30(24,29)7/h21-24,26H,1,8-18H2,2-7H3/t21-,22+,23-,24+,26+,28-,29+,30+,31+/m0/s1. The molecule has 0 aromatic carbocycles. The lowest BCUT2D eigenvalue weighted by molar-refractivity contribution is -0.233. The average Bonchev–Trinajstić information content (AvgIpc) is 3.12. The molecule has 0 aliphatic heterocycles. The van der Waals surface area contributed by atoms with Crippen molar-refractivity contribution in [3.8, 4) is 6.07 Å². The van der Waals surface area contributed by atoms with Crippen molar-refractivity contribution in [3.63, 3.8) is 0 Å². The number of ketones is 1. The summed E-state index contributed by atoms with van der Waals surface area (Å²) >= 11 is 0. The molecule has 0 N–H and O–H groups in total. The molecule has 0 spiro atoms. The van der Waals surface area contributed by atoms with Gasteiger partial charge in [0.2, 0.25) is 0 Å². The van der Waals surface area contributed by atoms with Gasteiger partial charge in [0.05, 0.1) is 6.07 Å². The highest BCUT2D eigenvalue weighted by Gasteiger charge is 2.70. The van der Waals surface area contributed by atoms with Gasteiger partial charge in [-0.15, -0.1) is 0 Å². The second kappa shape index (κ2) is 7.21. The topological polar surface area (TPSA) is 40.9 Å². The molecule has 5 fully saturated rings. The fourth-order valence-corrected chi connectivity index (χ4v) is 11.5.